The van der Waals surface area contributed by atoms with Crippen LogP contribution in [0.5, 0.6) is 5.75 Å². The van der Waals surface area contributed by atoms with Gasteiger partial charge in [-0.25, -0.2) is 14.4 Å². The van der Waals surface area contributed by atoms with Crippen LogP contribution in [-0.2, 0) is 0 Å². The molecule has 0 bridgehead atoms. The van der Waals surface area contributed by atoms with Crippen molar-refractivity contribution in [3.05, 3.63) is 54.1 Å². The first-order chi connectivity index (χ1) is 12.7. The van der Waals surface area contributed by atoms with Crippen LogP contribution < -0.4 is 14.5 Å². The van der Waals surface area contributed by atoms with Crippen LogP contribution in [-0.4, -0.2) is 43.3 Å². The molecule has 5 nitrogen and oxygen atoms in total. The number of fused-ring (bicyclic) bond motifs is 1. The Hall–Kier alpha value is -2.89. The zero-order chi connectivity index (χ0) is 18.1. The van der Waals surface area contributed by atoms with Crippen LogP contribution in [0.1, 0.15) is 5.69 Å². The Balaban J connectivity index is 1.54. The fourth-order valence-electron chi connectivity index (χ4n) is 3.44. The summed E-state index contributed by atoms with van der Waals surface area (Å²) in [5.74, 6) is -0.0487. The highest BCUT2D eigenvalue weighted by atomic mass is 19.1. The summed E-state index contributed by atoms with van der Waals surface area (Å²) in [7, 11) is 1.49. The van der Waals surface area contributed by atoms with Crippen LogP contribution in [0.3, 0.4) is 0 Å². The van der Waals surface area contributed by atoms with Gasteiger partial charge in [-0.2, -0.15) is 0 Å². The number of piperazine rings is 1. The highest BCUT2D eigenvalue weighted by Gasteiger charge is 2.20. The van der Waals surface area contributed by atoms with E-state index in [1.54, 1.807) is 6.07 Å². The molecular weight excluding hydrogens is 331 g/mol. The van der Waals surface area contributed by atoms with Crippen molar-refractivity contribution in [1.82, 2.24) is 9.97 Å². The number of hydrogen-bond donors (Lipinski definition) is 0. The van der Waals surface area contributed by atoms with E-state index in [2.05, 4.69) is 31.9 Å². The number of hydrogen-bond acceptors (Lipinski definition) is 5. The number of ether oxygens (including phenoxy) is 1. The molecule has 2 aromatic heterocycles. The smallest absolute Gasteiger partial charge is 0.165 e. The Morgan fingerprint density at radius 3 is 2.54 bits per heavy atom. The third-order valence-electron chi connectivity index (χ3n) is 4.84. The number of methoxy groups -OCH3 is 1. The molecule has 1 saturated heterocycles. The second-order valence-electron chi connectivity index (χ2n) is 6.45. The molecular formula is C20H21FN4O. The Kier molecular flexibility index (Phi) is 4.32. The summed E-state index contributed by atoms with van der Waals surface area (Å²) in [4.78, 5) is 13.5. The lowest BCUT2D eigenvalue weighted by Gasteiger charge is -2.37. The maximum Gasteiger partial charge on any atom is 0.165 e. The van der Waals surface area contributed by atoms with Crippen molar-refractivity contribution in [2.24, 2.45) is 0 Å². The Morgan fingerprint density at radius 2 is 1.77 bits per heavy atom. The summed E-state index contributed by atoms with van der Waals surface area (Å²) >= 11 is 0. The number of rotatable bonds is 3. The topological polar surface area (TPSA) is 41.5 Å². The van der Waals surface area contributed by atoms with Crippen LogP contribution in [0.4, 0.5) is 15.8 Å². The first-order valence-electron chi connectivity index (χ1n) is 8.71. The Labute approximate surface area is 152 Å². The predicted octanol–water partition coefficient (Wildman–Crippen LogP) is 3.41. The van der Waals surface area contributed by atoms with Gasteiger partial charge in [-0.3, -0.25) is 0 Å². The van der Waals surface area contributed by atoms with Crippen molar-refractivity contribution in [3.8, 4) is 5.75 Å². The van der Waals surface area contributed by atoms with Gasteiger partial charge in [-0.05, 0) is 37.3 Å². The number of anilines is 2. The third-order valence-corrected chi connectivity index (χ3v) is 4.84. The molecule has 1 aliphatic heterocycles. The van der Waals surface area contributed by atoms with Crippen LogP contribution in [0.2, 0.25) is 0 Å². The molecule has 134 valence electrons. The van der Waals surface area contributed by atoms with Gasteiger partial charge in [0.15, 0.2) is 17.2 Å². The molecule has 1 fully saturated rings. The van der Waals surface area contributed by atoms with Crippen LogP contribution in [0.15, 0.2) is 42.6 Å². The van der Waals surface area contributed by atoms with E-state index >= 15 is 0 Å². The lowest BCUT2D eigenvalue weighted by atomic mass is 10.1. The van der Waals surface area contributed by atoms with Gasteiger partial charge in [-0.15, -0.1) is 0 Å². The van der Waals surface area contributed by atoms with Crippen molar-refractivity contribution < 1.29 is 9.13 Å². The van der Waals surface area contributed by atoms with Gasteiger partial charge in [0.1, 0.15) is 0 Å². The molecule has 0 spiro atoms. The summed E-state index contributed by atoms with van der Waals surface area (Å²) < 4.78 is 18.7. The van der Waals surface area contributed by atoms with E-state index in [0.29, 0.717) is 0 Å². The Morgan fingerprint density at radius 1 is 1.00 bits per heavy atom. The second kappa shape index (κ2) is 6.78. The third kappa shape index (κ3) is 3.03. The standard InChI is InChI=1S/C20H21FN4O/c1-14-3-5-16-18(7-8-22-20(16)23-14)25-11-9-24(10-12-25)15-4-6-17(21)19(13-15)26-2/h3-8,13H,9-12H2,1-2H3. The van der Waals surface area contributed by atoms with Gasteiger partial charge in [0.25, 0.3) is 0 Å². The molecule has 1 aromatic carbocycles. The van der Waals surface area contributed by atoms with Crippen molar-refractivity contribution in [3.63, 3.8) is 0 Å². The lowest BCUT2D eigenvalue weighted by Crippen LogP contribution is -2.46. The highest BCUT2D eigenvalue weighted by Crippen LogP contribution is 2.28. The summed E-state index contributed by atoms with van der Waals surface area (Å²) in [6.45, 7) is 5.46. The highest BCUT2D eigenvalue weighted by molar-refractivity contribution is 5.89. The molecule has 1 aliphatic rings. The van der Waals surface area contributed by atoms with E-state index in [1.807, 2.05) is 25.3 Å². The van der Waals surface area contributed by atoms with Crippen LogP contribution >= 0.6 is 0 Å². The number of benzene rings is 1. The van der Waals surface area contributed by atoms with Gasteiger partial charge in [-0.1, -0.05) is 0 Å². The molecule has 3 heterocycles. The van der Waals surface area contributed by atoms with Crippen molar-refractivity contribution in [2.75, 3.05) is 43.1 Å². The number of aromatic nitrogens is 2. The first-order valence-corrected chi connectivity index (χ1v) is 8.71. The average molecular weight is 352 g/mol. The maximum absolute atomic E-state index is 13.6. The monoisotopic (exact) mass is 352 g/mol. The van der Waals surface area contributed by atoms with Crippen LogP contribution in [0, 0.1) is 12.7 Å². The van der Waals surface area contributed by atoms with Crippen molar-refractivity contribution >= 4 is 22.4 Å². The SMILES string of the molecule is COc1cc(N2CCN(c3ccnc4nc(C)ccc34)CC2)ccc1F. The number of halogens is 1. The summed E-state index contributed by atoms with van der Waals surface area (Å²) in [6.07, 6.45) is 1.82. The second-order valence-corrected chi connectivity index (χ2v) is 6.45. The Bertz CT molecular complexity index is 938. The van der Waals surface area contributed by atoms with E-state index in [-0.39, 0.29) is 11.6 Å². The fourth-order valence-corrected chi connectivity index (χ4v) is 3.44. The predicted molar refractivity (Wildman–Crippen MR) is 102 cm³/mol. The molecule has 6 heteroatoms. The molecule has 0 unspecified atom stereocenters. The molecule has 0 saturated carbocycles. The minimum atomic E-state index is -0.332. The minimum absolute atomic E-state index is 0.284. The number of aryl methyl sites for hydroxylation is 1. The zero-order valence-corrected chi connectivity index (χ0v) is 14.9. The first kappa shape index (κ1) is 16.6. The van der Waals surface area contributed by atoms with E-state index in [4.69, 9.17) is 4.74 Å². The van der Waals surface area contributed by atoms with Gasteiger partial charge in [0.05, 0.1) is 7.11 Å². The van der Waals surface area contributed by atoms with E-state index < -0.39 is 0 Å². The summed E-state index contributed by atoms with van der Waals surface area (Å²) in [5, 5.41) is 1.08. The fraction of sp³-hybridized carbons (Fsp3) is 0.300. The zero-order valence-electron chi connectivity index (χ0n) is 14.9. The largest absolute Gasteiger partial charge is 0.494 e. The van der Waals surface area contributed by atoms with Crippen molar-refractivity contribution in [1.29, 1.82) is 0 Å². The average Bonchev–Trinajstić information content (AvgIpc) is 2.68. The van der Waals surface area contributed by atoms with Crippen LogP contribution in [0.25, 0.3) is 11.0 Å². The molecule has 0 N–H and O–H groups in total. The number of pyridine rings is 2. The van der Waals surface area contributed by atoms with E-state index in [0.717, 1.165) is 48.6 Å². The normalized spacial score (nSPS) is 14.7. The quantitative estimate of drug-likeness (QED) is 0.723. The van der Waals surface area contributed by atoms with E-state index in [1.165, 1.54) is 18.9 Å². The lowest BCUT2D eigenvalue weighted by molar-refractivity contribution is 0.386. The molecule has 3 aromatic rings. The van der Waals surface area contributed by atoms with Gasteiger partial charge in [0.2, 0.25) is 0 Å². The molecule has 0 atom stereocenters. The molecule has 26 heavy (non-hydrogen) atoms. The molecule has 0 amide bonds. The van der Waals surface area contributed by atoms with Gasteiger partial charge in [0, 0.05) is 60.9 Å². The van der Waals surface area contributed by atoms with E-state index in [9.17, 15) is 4.39 Å². The van der Waals surface area contributed by atoms with Crippen molar-refractivity contribution in [2.45, 2.75) is 6.92 Å². The maximum atomic E-state index is 13.6. The molecule has 0 radical (unpaired) electrons. The summed E-state index contributed by atoms with van der Waals surface area (Å²) in [5.41, 5.74) is 3.91. The molecule has 0 aliphatic carbocycles. The van der Waals surface area contributed by atoms with Gasteiger partial charge < -0.3 is 14.5 Å². The van der Waals surface area contributed by atoms with Gasteiger partial charge >= 0.3 is 0 Å². The molecule has 4 rings (SSSR count). The summed E-state index contributed by atoms with van der Waals surface area (Å²) in [6, 6.07) is 11.2. The minimum Gasteiger partial charge on any atom is -0.494 e. The number of nitrogens with zero attached hydrogens (tertiary/aromatic N) is 4.